The van der Waals surface area contributed by atoms with Gasteiger partial charge in [-0.15, -0.1) is 0 Å². The first-order valence-electron chi connectivity index (χ1n) is 11.2. The van der Waals surface area contributed by atoms with Crippen molar-refractivity contribution in [3.8, 4) is 0 Å². The molecule has 2 amide bonds. The molecule has 2 aliphatic heterocycles. The van der Waals surface area contributed by atoms with Crippen molar-refractivity contribution < 1.29 is 14.5 Å². The van der Waals surface area contributed by atoms with E-state index in [-0.39, 0.29) is 29.5 Å². The second-order valence-corrected chi connectivity index (χ2v) is 8.71. The van der Waals surface area contributed by atoms with Gasteiger partial charge in [-0.3, -0.25) is 19.7 Å². The van der Waals surface area contributed by atoms with Crippen LogP contribution in [-0.2, 0) is 4.79 Å². The van der Waals surface area contributed by atoms with Crippen LogP contribution in [0.15, 0.2) is 18.2 Å². The third-order valence-corrected chi connectivity index (χ3v) is 6.45. The Bertz CT molecular complexity index is 807. The van der Waals surface area contributed by atoms with E-state index in [1.54, 1.807) is 12.1 Å². The maximum absolute atomic E-state index is 12.9. The summed E-state index contributed by atoms with van der Waals surface area (Å²) >= 11 is 0. The molecule has 1 aromatic rings. The van der Waals surface area contributed by atoms with E-state index in [2.05, 4.69) is 5.32 Å². The van der Waals surface area contributed by atoms with Gasteiger partial charge in [0, 0.05) is 49.8 Å². The molecule has 3 fully saturated rings. The molecule has 0 atom stereocenters. The minimum Gasteiger partial charge on any atom is -0.366 e. The van der Waals surface area contributed by atoms with Gasteiger partial charge >= 0.3 is 0 Å². The number of benzene rings is 1. The number of hydrogen-bond donors (Lipinski definition) is 1. The molecule has 8 nitrogen and oxygen atoms in total. The number of nitro groups is 1. The summed E-state index contributed by atoms with van der Waals surface area (Å²) in [5, 5.41) is 14.5. The first kappa shape index (κ1) is 20.6. The number of amides is 2. The van der Waals surface area contributed by atoms with Crippen LogP contribution < -0.4 is 10.2 Å². The number of nitrogens with zero attached hydrogens (tertiary/aromatic N) is 3. The molecule has 1 saturated carbocycles. The fourth-order valence-corrected chi connectivity index (χ4v) is 4.49. The van der Waals surface area contributed by atoms with Gasteiger partial charge in [0.15, 0.2) is 0 Å². The van der Waals surface area contributed by atoms with Crippen molar-refractivity contribution in [1.29, 1.82) is 0 Å². The smallest absolute Gasteiger partial charge is 0.293 e. The summed E-state index contributed by atoms with van der Waals surface area (Å²) in [7, 11) is 0. The standard InChI is InChI=1S/C22H30N4O4/c27-21(23-18-6-7-18)17-5-8-19(20(15-17)26(29)30)24-13-9-16(10-14-24)22(28)25-11-3-1-2-4-12-25/h5,8,15-16,18H,1-4,6-7,9-14H2,(H,23,27). The summed E-state index contributed by atoms with van der Waals surface area (Å²) < 4.78 is 0. The number of anilines is 1. The zero-order valence-corrected chi connectivity index (χ0v) is 17.3. The van der Waals surface area contributed by atoms with Gasteiger partial charge in [-0.25, -0.2) is 0 Å². The van der Waals surface area contributed by atoms with Crippen LogP contribution in [-0.4, -0.2) is 53.9 Å². The van der Waals surface area contributed by atoms with E-state index in [4.69, 9.17) is 0 Å². The molecular weight excluding hydrogens is 384 g/mol. The van der Waals surface area contributed by atoms with E-state index in [0.717, 1.165) is 38.8 Å². The van der Waals surface area contributed by atoms with Crippen molar-refractivity contribution in [3.63, 3.8) is 0 Å². The maximum atomic E-state index is 12.9. The molecule has 4 rings (SSSR count). The Kier molecular flexibility index (Phi) is 6.20. The van der Waals surface area contributed by atoms with Crippen LogP contribution in [0, 0.1) is 16.0 Å². The lowest BCUT2D eigenvalue weighted by Crippen LogP contribution is -2.43. The Labute approximate surface area is 176 Å². The maximum Gasteiger partial charge on any atom is 0.293 e. The Morgan fingerprint density at radius 3 is 2.23 bits per heavy atom. The molecule has 8 heteroatoms. The second kappa shape index (κ2) is 9.02. The van der Waals surface area contributed by atoms with Crippen molar-refractivity contribution in [3.05, 3.63) is 33.9 Å². The quantitative estimate of drug-likeness (QED) is 0.590. The first-order valence-corrected chi connectivity index (χ1v) is 11.2. The van der Waals surface area contributed by atoms with Crippen LogP contribution in [0.2, 0.25) is 0 Å². The lowest BCUT2D eigenvalue weighted by molar-refractivity contribution is -0.384. The van der Waals surface area contributed by atoms with E-state index in [0.29, 0.717) is 37.2 Å². The summed E-state index contributed by atoms with van der Waals surface area (Å²) in [4.78, 5) is 40.4. The minimum absolute atomic E-state index is 0.00185. The van der Waals surface area contributed by atoms with Gasteiger partial charge in [0.25, 0.3) is 11.6 Å². The SMILES string of the molecule is O=C(NC1CC1)c1ccc(N2CCC(C(=O)N3CCCCCC3)CC2)c([N+](=O)[O-])c1. The molecule has 0 unspecified atom stereocenters. The lowest BCUT2D eigenvalue weighted by Gasteiger charge is -2.35. The highest BCUT2D eigenvalue weighted by Crippen LogP contribution is 2.33. The summed E-state index contributed by atoms with van der Waals surface area (Å²) in [6.07, 6.45) is 7.90. The van der Waals surface area contributed by atoms with Gasteiger partial charge in [-0.05, 0) is 50.7 Å². The third kappa shape index (κ3) is 4.74. The van der Waals surface area contributed by atoms with E-state index in [1.807, 2.05) is 9.80 Å². The van der Waals surface area contributed by atoms with E-state index < -0.39 is 4.92 Å². The van der Waals surface area contributed by atoms with Crippen molar-refractivity contribution in [2.75, 3.05) is 31.1 Å². The molecule has 30 heavy (non-hydrogen) atoms. The van der Waals surface area contributed by atoms with Crippen LogP contribution in [0.3, 0.4) is 0 Å². The topological polar surface area (TPSA) is 95.8 Å². The first-order chi connectivity index (χ1) is 14.5. The predicted octanol–water partition coefficient (Wildman–Crippen LogP) is 3.11. The highest BCUT2D eigenvalue weighted by Gasteiger charge is 2.32. The third-order valence-electron chi connectivity index (χ3n) is 6.45. The van der Waals surface area contributed by atoms with E-state index in [9.17, 15) is 19.7 Å². The van der Waals surface area contributed by atoms with E-state index in [1.165, 1.54) is 18.9 Å². The Morgan fingerprint density at radius 2 is 1.63 bits per heavy atom. The van der Waals surface area contributed by atoms with Gasteiger partial charge in [-0.2, -0.15) is 0 Å². The molecule has 0 bridgehead atoms. The van der Waals surface area contributed by atoms with Crippen molar-refractivity contribution in [2.24, 2.45) is 5.92 Å². The van der Waals surface area contributed by atoms with Gasteiger partial charge < -0.3 is 15.1 Å². The van der Waals surface area contributed by atoms with Gasteiger partial charge in [-0.1, -0.05) is 12.8 Å². The summed E-state index contributed by atoms with van der Waals surface area (Å²) in [5.74, 6) is -0.00551. The Morgan fingerprint density at radius 1 is 0.967 bits per heavy atom. The minimum atomic E-state index is -0.419. The fourth-order valence-electron chi connectivity index (χ4n) is 4.49. The lowest BCUT2D eigenvalue weighted by atomic mass is 9.94. The number of carbonyl (C=O) groups is 2. The van der Waals surface area contributed by atoms with Gasteiger partial charge in [0.1, 0.15) is 5.69 Å². The molecule has 3 aliphatic rings. The van der Waals surface area contributed by atoms with Crippen LogP contribution in [0.5, 0.6) is 0 Å². The molecule has 0 spiro atoms. The van der Waals surface area contributed by atoms with Crippen LogP contribution in [0.1, 0.15) is 61.7 Å². The number of nitro benzene ring substituents is 1. The van der Waals surface area contributed by atoms with E-state index >= 15 is 0 Å². The van der Waals surface area contributed by atoms with Crippen molar-refractivity contribution in [1.82, 2.24) is 10.2 Å². The largest absolute Gasteiger partial charge is 0.366 e. The fraction of sp³-hybridized carbons (Fsp3) is 0.636. The average Bonchev–Trinajstić information content (AvgIpc) is 3.60. The monoisotopic (exact) mass is 414 g/mol. The Hall–Kier alpha value is -2.64. The number of rotatable bonds is 5. The molecule has 2 heterocycles. The van der Waals surface area contributed by atoms with Crippen LogP contribution in [0.4, 0.5) is 11.4 Å². The second-order valence-electron chi connectivity index (χ2n) is 8.71. The van der Waals surface area contributed by atoms with Crippen molar-refractivity contribution in [2.45, 2.75) is 57.4 Å². The van der Waals surface area contributed by atoms with Crippen LogP contribution >= 0.6 is 0 Å². The summed E-state index contributed by atoms with van der Waals surface area (Å²) in [6.45, 7) is 2.93. The number of piperidine rings is 1. The Balaban J connectivity index is 1.41. The zero-order chi connectivity index (χ0) is 21.1. The van der Waals surface area contributed by atoms with Gasteiger partial charge in [0.2, 0.25) is 5.91 Å². The normalized spacial score (nSPS) is 20.5. The summed E-state index contributed by atoms with van der Waals surface area (Å²) in [5.41, 5.74) is 0.808. The molecule has 1 aromatic carbocycles. The average molecular weight is 415 g/mol. The molecule has 1 aliphatic carbocycles. The van der Waals surface area contributed by atoms with Gasteiger partial charge in [0.05, 0.1) is 4.92 Å². The number of likely N-dealkylation sites (tertiary alicyclic amines) is 1. The van der Waals surface area contributed by atoms with Crippen molar-refractivity contribution >= 4 is 23.2 Å². The number of hydrogen-bond acceptors (Lipinski definition) is 5. The number of carbonyl (C=O) groups excluding carboxylic acids is 2. The molecular formula is C22H30N4O4. The molecule has 0 radical (unpaired) electrons. The zero-order valence-electron chi connectivity index (χ0n) is 17.3. The highest BCUT2D eigenvalue weighted by atomic mass is 16.6. The number of nitrogens with one attached hydrogen (secondary N) is 1. The van der Waals surface area contributed by atoms with Crippen LogP contribution in [0.25, 0.3) is 0 Å². The molecule has 1 N–H and O–H groups in total. The molecule has 2 saturated heterocycles. The molecule has 0 aromatic heterocycles. The predicted molar refractivity (Wildman–Crippen MR) is 114 cm³/mol. The highest BCUT2D eigenvalue weighted by molar-refractivity contribution is 5.96. The molecule has 162 valence electrons. The summed E-state index contributed by atoms with van der Waals surface area (Å²) in [6, 6.07) is 4.92.